The van der Waals surface area contributed by atoms with Gasteiger partial charge in [0.25, 0.3) is 0 Å². The van der Waals surface area contributed by atoms with Crippen LogP contribution in [0.25, 0.3) is 0 Å². The van der Waals surface area contributed by atoms with Gasteiger partial charge in [-0.05, 0) is 0 Å². The molecule has 9 nitrogen and oxygen atoms in total. The predicted molar refractivity (Wildman–Crippen MR) is 61.4 cm³/mol. The number of methoxy groups -OCH3 is 1. The molecule has 0 amide bonds. The molecule has 20 heavy (non-hydrogen) atoms. The summed E-state index contributed by atoms with van der Waals surface area (Å²) >= 11 is 0. The van der Waals surface area contributed by atoms with E-state index in [1.807, 2.05) is 0 Å². The summed E-state index contributed by atoms with van der Waals surface area (Å²) in [6.07, 6.45) is -9.76. The average molecular weight is 296 g/mol. The fraction of sp³-hybridized carbons (Fsp3) is 1.00. The molecule has 8 atom stereocenters. The third-order valence-corrected chi connectivity index (χ3v) is 3.44. The van der Waals surface area contributed by atoms with Gasteiger partial charge in [-0.25, -0.2) is 0 Å². The Labute approximate surface area is 115 Å². The maximum atomic E-state index is 9.79. The highest BCUT2D eigenvalue weighted by atomic mass is 16.7. The van der Waals surface area contributed by atoms with Crippen LogP contribution < -0.4 is 0 Å². The van der Waals surface area contributed by atoms with Crippen LogP contribution in [0.2, 0.25) is 0 Å². The summed E-state index contributed by atoms with van der Waals surface area (Å²) in [4.78, 5) is 0. The van der Waals surface area contributed by atoms with Crippen molar-refractivity contribution in [3.05, 3.63) is 0 Å². The number of aliphatic hydroxyl groups excluding tert-OH is 5. The quantitative estimate of drug-likeness (QED) is 0.359. The molecule has 118 valence electrons. The van der Waals surface area contributed by atoms with E-state index in [4.69, 9.17) is 18.9 Å². The molecule has 2 heterocycles. The van der Waals surface area contributed by atoms with Gasteiger partial charge in [0.2, 0.25) is 0 Å². The minimum Gasteiger partial charge on any atom is -0.388 e. The Hall–Kier alpha value is -0.360. The van der Waals surface area contributed by atoms with Crippen molar-refractivity contribution >= 4 is 0 Å². The van der Waals surface area contributed by atoms with Crippen LogP contribution in [0, 0.1) is 0 Å². The highest BCUT2D eigenvalue weighted by Crippen LogP contribution is 2.25. The second kappa shape index (κ2) is 6.60. The molecule has 0 aliphatic carbocycles. The lowest BCUT2D eigenvalue weighted by atomic mass is 10.0. The zero-order chi connectivity index (χ0) is 14.9. The van der Waals surface area contributed by atoms with Crippen molar-refractivity contribution in [3.63, 3.8) is 0 Å². The van der Waals surface area contributed by atoms with Crippen LogP contribution in [0.5, 0.6) is 0 Å². The molecule has 2 rings (SSSR count). The van der Waals surface area contributed by atoms with E-state index < -0.39 is 49.2 Å². The summed E-state index contributed by atoms with van der Waals surface area (Å²) < 4.78 is 20.4. The first-order valence-corrected chi connectivity index (χ1v) is 6.27. The smallest absolute Gasteiger partial charge is 0.187 e. The lowest BCUT2D eigenvalue weighted by molar-refractivity contribution is -0.339. The van der Waals surface area contributed by atoms with Crippen molar-refractivity contribution in [2.75, 3.05) is 20.3 Å². The molecule has 2 saturated heterocycles. The van der Waals surface area contributed by atoms with E-state index in [-0.39, 0.29) is 13.2 Å². The van der Waals surface area contributed by atoms with E-state index in [1.165, 1.54) is 7.11 Å². The highest BCUT2D eigenvalue weighted by molar-refractivity contribution is 4.88. The molecule has 0 radical (unpaired) electrons. The first kappa shape index (κ1) is 16.0. The van der Waals surface area contributed by atoms with Crippen LogP contribution in [0.15, 0.2) is 0 Å². The van der Waals surface area contributed by atoms with Crippen molar-refractivity contribution in [2.45, 2.75) is 49.2 Å². The maximum absolute atomic E-state index is 9.79. The van der Waals surface area contributed by atoms with Gasteiger partial charge in [-0.1, -0.05) is 0 Å². The molecule has 5 N–H and O–H groups in total. The van der Waals surface area contributed by atoms with Crippen LogP contribution >= 0.6 is 0 Å². The molecule has 0 bridgehead atoms. The molecule has 2 fully saturated rings. The Kier molecular flexibility index (Phi) is 5.29. The van der Waals surface area contributed by atoms with E-state index in [0.717, 1.165) is 0 Å². The standard InChI is InChI=1S/C11H20O9/c1-17-9-7(15)5(13)3-19-11(9)20-8-6(14)4(12)2-18-10(8)16/h4-16H,2-3H2,1H3/t4-,5-,6+,7+,8-,9-,10-,11+/m1/s1. The van der Waals surface area contributed by atoms with Crippen LogP contribution in [0.1, 0.15) is 0 Å². The number of rotatable bonds is 3. The Morgan fingerprint density at radius 2 is 1.40 bits per heavy atom. The zero-order valence-electron chi connectivity index (χ0n) is 10.9. The summed E-state index contributed by atoms with van der Waals surface area (Å²) in [5.74, 6) is 0. The van der Waals surface area contributed by atoms with Gasteiger partial charge in [0, 0.05) is 7.11 Å². The van der Waals surface area contributed by atoms with Crippen LogP contribution in [0.4, 0.5) is 0 Å². The minimum absolute atomic E-state index is 0.186. The Morgan fingerprint density at radius 1 is 0.850 bits per heavy atom. The lowest BCUT2D eigenvalue weighted by Crippen LogP contribution is -2.60. The molecule has 2 aliphatic rings. The Bertz CT molecular complexity index is 314. The van der Waals surface area contributed by atoms with Crippen molar-refractivity contribution in [2.24, 2.45) is 0 Å². The van der Waals surface area contributed by atoms with Crippen molar-refractivity contribution in [1.29, 1.82) is 0 Å². The third kappa shape index (κ3) is 3.11. The fourth-order valence-corrected chi connectivity index (χ4v) is 2.21. The maximum Gasteiger partial charge on any atom is 0.187 e. The molecule has 0 aromatic heterocycles. The van der Waals surface area contributed by atoms with Crippen LogP contribution in [-0.4, -0.2) is 95.1 Å². The monoisotopic (exact) mass is 296 g/mol. The van der Waals surface area contributed by atoms with Gasteiger partial charge < -0.3 is 44.5 Å². The molecule has 9 heteroatoms. The van der Waals surface area contributed by atoms with Gasteiger partial charge in [-0.15, -0.1) is 0 Å². The van der Waals surface area contributed by atoms with E-state index >= 15 is 0 Å². The lowest BCUT2D eigenvalue weighted by Gasteiger charge is -2.42. The first-order chi connectivity index (χ1) is 9.45. The molecule has 0 saturated carbocycles. The summed E-state index contributed by atoms with van der Waals surface area (Å²) in [6, 6.07) is 0. The predicted octanol–water partition coefficient (Wildman–Crippen LogP) is -3.46. The van der Waals surface area contributed by atoms with E-state index in [9.17, 15) is 25.5 Å². The largest absolute Gasteiger partial charge is 0.388 e. The fourth-order valence-electron chi connectivity index (χ4n) is 2.21. The molecular weight excluding hydrogens is 276 g/mol. The van der Waals surface area contributed by atoms with Crippen LogP contribution in [-0.2, 0) is 18.9 Å². The second-order valence-electron chi connectivity index (χ2n) is 4.84. The van der Waals surface area contributed by atoms with Gasteiger partial charge in [-0.2, -0.15) is 0 Å². The van der Waals surface area contributed by atoms with Crippen LogP contribution in [0.3, 0.4) is 0 Å². The Morgan fingerprint density at radius 3 is 2.00 bits per heavy atom. The Balaban J connectivity index is 2.03. The third-order valence-electron chi connectivity index (χ3n) is 3.44. The summed E-state index contributed by atoms with van der Waals surface area (Å²) in [7, 11) is 1.30. The van der Waals surface area contributed by atoms with Crippen molar-refractivity contribution in [1.82, 2.24) is 0 Å². The number of hydrogen-bond acceptors (Lipinski definition) is 9. The minimum atomic E-state index is -1.45. The summed E-state index contributed by atoms with van der Waals surface area (Å²) in [5.41, 5.74) is 0. The SMILES string of the molecule is CO[C@H]1[C@H](O[C@@H]2[C@@H](O)[C@H](O)CO[C@H]2O)OC[C@@H](O)[C@@H]1O. The van der Waals surface area contributed by atoms with Gasteiger partial charge in [0.05, 0.1) is 13.2 Å². The topological polar surface area (TPSA) is 138 Å². The number of hydrogen-bond donors (Lipinski definition) is 5. The molecule has 0 spiro atoms. The van der Waals surface area contributed by atoms with E-state index in [2.05, 4.69) is 0 Å². The molecular formula is C11H20O9. The number of ether oxygens (including phenoxy) is 4. The second-order valence-corrected chi connectivity index (χ2v) is 4.84. The zero-order valence-corrected chi connectivity index (χ0v) is 10.9. The van der Waals surface area contributed by atoms with Gasteiger partial charge in [0.15, 0.2) is 12.6 Å². The molecule has 0 aromatic carbocycles. The van der Waals surface area contributed by atoms with Crippen molar-refractivity contribution in [3.8, 4) is 0 Å². The first-order valence-electron chi connectivity index (χ1n) is 6.27. The average Bonchev–Trinajstić information content (AvgIpc) is 2.43. The van der Waals surface area contributed by atoms with Gasteiger partial charge >= 0.3 is 0 Å². The summed E-state index contributed by atoms with van der Waals surface area (Å²) in [6.45, 7) is -0.406. The van der Waals surface area contributed by atoms with E-state index in [0.29, 0.717) is 0 Å². The number of aliphatic hydroxyl groups is 5. The molecule has 0 aromatic rings. The highest BCUT2D eigenvalue weighted by Gasteiger charge is 2.45. The van der Waals surface area contributed by atoms with Gasteiger partial charge in [-0.3, -0.25) is 0 Å². The van der Waals surface area contributed by atoms with E-state index in [1.54, 1.807) is 0 Å². The van der Waals surface area contributed by atoms with Gasteiger partial charge in [0.1, 0.15) is 36.6 Å². The normalized spacial score (nSPS) is 50.1. The van der Waals surface area contributed by atoms with Crippen molar-refractivity contribution < 1.29 is 44.5 Å². The summed E-state index contributed by atoms with van der Waals surface area (Å²) in [5, 5.41) is 48.2. The molecule has 0 unspecified atom stereocenters. The molecule has 2 aliphatic heterocycles.